The third-order valence-corrected chi connectivity index (χ3v) is 5.69. The van der Waals surface area contributed by atoms with Crippen LogP contribution in [0.15, 0.2) is 60.7 Å². The quantitative estimate of drug-likeness (QED) is 0.737. The Balaban J connectivity index is 1.27. The summed E-state index contributed by atoms with van der Waals surface area (Å²) in [6.45, 7) is 1.63. The molecular formula is C22H27N3O3. The molecule has 2 heterocycles. The molecule has 2 saturated heterocycles. The van der Waals surface area contributed by atoms with E-state index in [0.29, 0.717) is 39.0 Å². The van der Waals surface area contributed by atoms with Crippen molar-refractivity contribution in [1.82, 2.24) is 15.8 Å². The summed E-state index contributed by atoms with van der Waals surface area (Å²) in [6.07, 6.45) is 1.80. The number of rotatable bonds is 5. The number of amides is 1. The largest absolute Gasteiger partial charge is 0.492 e. The zero-order valence-corrected chi connectivity index (χ0v) is 15.9. The zero-order valence-electron chi connectivity index (χ0n) is 15.9. The first-order valence-corrected chi connectivity index (χ1v) is 9.90. The number of nitrogens with zero attached hydrogens (tertiary/aromatic N) is 1. The highest BCUT2D eigenvalue weighted by atomic mass is 16.5. The number of hydrazine groups is 1. The fourth-order valence-electron chi connectivity index (χ4n) is 3.96. The summed E-state index contributed by atoms with van der Waals surface area (Å²) in [5.74, 6) is 0.917. The molecule has 3 N–H and O–H groups in total. The third kappa shape index (κ3) is 4.19. The van der Waals surface area contributed by atoms with Gasteiger partial charge >= 0.3 is 0 Å². The molecule has 0 radical (unpaired) electrons. The number of benzene rings is 2. The van der Waals surface area contributed by atoms with Gasteiger partial charge in [0.2, 0.25) is 5.91 Å². The molecule has 2 aliphatic heterocycles. The van der Waals surface area contributed by atoms with Gasteiger partial charge in [-0.2, -0.15) is 0 Å². The molecule has 2 fully saturated rings. The molecule has 6 heteroatoms. The molecule has 0 aromatic heterocycles. The standard InChI is InChI=1S/C22H27N3O3/c26-21(20-15-18(23-24-20)16-28-19-9-5-2-6-10-19)25-13-11-22(27,12-14-25)17-7-3-1-4-8-17/h1-10,18,20,23-24,27H,11-16H2. The minimum Gasteiger partial charge on any atom is -0.492 e. The van der Waals surface area contributed by atoms with E-state index < -0.39 is 5.60 Å². The monoisotopic (exact) mass is 381 g/mol. The van der Waals surface area contributed by atoms with Gasteiger partial charge in [-0.05, 0) is 37.0 Å². The molecule has 2 aromatic carbocycles. The van der Waals surface area contributed by atoms with Crippen LogP contribution < -0.4 is 15.6 Å². The van der Waals surface area contributed by atoms with Crippen LogP contribution in [-0.2, 0) is 10.4 Å². The number of nitrogens with one attached hydrogen (secondary N) is 2. The van der Waals surface area contributed by atoms with E-state index in [-0.39, 0.29) is 18.0 Å². The molecule has 0 bridgehead atoms. The second kappa shape index (κ2) is 8.31. The molecule has 4 rings (SSSR count). The fraction of sp³-hybridized carbons (Fsp3) is 0.409. The number of hydrogen-bond acceptors (Lipinski definition) is 5. The minimum absolute atomic E-state index is 0.0835. The molecule has 0 aliphatic carbocycles. The van der Waals surface area contributed by atoms with Crippen LogP contribution in [0.2, 0.25) is 0 Å². The van der Waals surface area contributed by atoms with Gasteiger partial charge in [0.1, 0.15) is 18.4 Å². The highest BCUT2D eigenvalue weighted by molar-refractivity contribution is 5.82. The highest BCUT2D eigenvalue weighted by Crippen LogP contribution is 2.33. The van der Waals surface area contributed by atoms with Crippen LogP contribution in [-0.4, -0.2) is 47.7 Å². The molecule has 2 aromatic rings. The summed E-state index contributed by atoms with van der Waals surface area (Å²) in [7, 11) is 0. The number of ether oxygens (including phenoxy) is 1. The third-order valence-electron chi connectivity index (χ3n) is 5.69. The average Bonchev–Trinajstić information content (AvgIpc) is 3.23. The van der Waals surface area contributed by atoms with Crippen LogP contribution in [0.5, 0.6) is 5.75 Å². The van der Waals surface area contributed by atoms with Gasteiger partial charge in [-0.25, -0.2) is 5.43 Å². The van der Waals surface area contributed by atoms with E-state index >= 15 is 0 Å². The molecule has 2 unspecified atom stereocenters. The van der Waals surface area contributed by atoms with Crippen molar-refractivity contribution in [2.45, 2.75) is 36.9 Å². The van der Waals surface area contributed by atoms with Gasteiger partial charge < -0.3 is 14.7 Å². The van der Waals surface area contributed by atoms with Crippen molar-refractivity contribution in [3.63, 3.8) is 0 Å². The highest BCUT2D eigenvalue weighted by Gasteiger charge is 2.38. The van der Waals surface area contributed by atoms with Gasteiger partial charge in [0.05, 0.1) is 11.6 Å². The maximum absolute atomic E-state index is 12.9. The van der Waals surface area contributed by atoms with Gasteiger partial charge in [-0.1, -0.05) is 48.5 Å². The van der Waals surface area contributed by atoms with Crippen molar-refractivity contribution in [3.05, 3.63) is 66.2 Å². The van der Waals surface area contributed by atoms with Crippen LogP contribution in [0.3, 0.4) is 0 Å². The molecule has 0 spiro atoms. The van der Waals surface area contributed by atoms with Crippen LogP contribution >= 0.6 is 0 Å². The van der Waals surface area contributed by atoms with E-state index in [1.54, 1.807) is 0 Å². The Labute approximate surface area is 165 Å². The molecular weight excluding hydrogens is 354 g/mol. The van der Waals surface area contributed by atoms with Crippen LogP contribution in [0.4, 0.5) is 0 Å². The normalized spacial score (nSPS) is 24.1. The predicted octanol–water partition coefficient (Wildman–Crippen LogP) is 1.81. The van der Waals surface area contributed by atoms with E-state index in [0.717, 1.165) is 11.3 Å². The van der Waals surface area contributed by atoms with Gasteiger partial charge in [0, 0.05) is 13.1 Å². The molecule has 6 nitrogen and oxygen atoms in total. The van der Waals surface area contributed by atoms with Gasteiger partial charge in [0.25, 0.3) is 0 Å². The molecule has 148 valence electrons. The van der Waals surface area contributed by atoms with Crippen molar-refractivity contribution >= 4 is 5.91 Å². The van der Waals surface area contributed by atoms with E-state index in [2.05, 4.69) is 10.9 Å². The topological polar surface area (TPSA) is 73.8 Å². The van der Waals surface area contributed by atoms with Gasteiger partial charge in [-0.3, -0.25) is 10.2 Å². The number of hydrogen-bond donors (Lipinski definition) is 3. The predicted molar refractivity (Wildman–Crippen MR) is 107 cm³/mol. The summed E-state index contributed by atoms with van der Waals surface area (Å²) in [4.78, 5) is 14.7. The van der Waals surface area contributed by atoms with Crippen molar-refractivity contribution < 1.29 is 14.6 Å². The Morgan fingerprint density at radius 2 is 1.68 bits per heavy atom. The van der Waals surface area contributed by atoms with Gasteiger partial charge in [0.15, 0.2) is 0 Å². The Morgan fingerprint density at radius 3 is 2.36 bits per heavy atom. The molecule has 2 atom stereocenters. The van der Waals surface area contributed by atoms with Crippen LogP contribution in [0.1, 0.15) is 24.8 Å². The lowest BCUT2D eigenvalue weighted by molar-refractivity contribution is -0.137. The summed E-state index contributed by atoms with van der Waals surface area (Å²) in [5, 5.41) is 10.9. The number of carbonyl (C=O) groups excluding carboxylic acids is 1. The molecule has 1 amide bonds. The number of piperidine rings is 1. The van der Waals surface area contributed by atoms with Gasteiger partial charge in [-0.15, -0.1) is 0 Å². The van der Waals surface area contributed by atoms with E-state index in [4.69, 9.17) is 4.74 Å². The number of carbonyl (C=O) groups is 1. The summed E-state index contributed by atoms with van der Waals surface area (Å²) in [6, 6.07) is 19.2. The van der Waals surface area contributed by atoms with Crippen LogP contribution in [0, 0.1) is 0 Å². The lowest BCUT2D eigenvalue weighted by Crippen LogP contribution is -2.51. The number of likely N-dealkylation sites (tertiary alicyclic amines) is 1. The SMILES string of the molecule is O=C(C1CC(COc2ccccc2)NN1)N1CCC(O)(c2ccccc2)CC1. The maximum atomic E-state index is 12.9. The van der Waals surface area contributed by atoms with Crippen molar-refractivity contribution in [3.8, 4) is 5.75 Å². The van der Waals surface area contributed by atoms with E-state index in [9.17, 15) is 9.90 Å². The van der Waals surface area contributed by atoms with Crippen LogP contribution in [0.25, 0.3) is 0 Å². The van der Waals surface area contributed by atoms with E-state index in [1.807, 2.05) is 65.6 Å². The number of aliphatic hydroxyl groups is 1. The summed E-state index contributed by atoms with van der Waals surface area (Å²) < 4.78 is 5.78. The van der Waals surface area contributed by atoms with E-state index in [1.165, 1.54) is 0 Å². The average molecular weight is 381 g/mol. The summed E-state index contributed by atoms with van der Waals surface area (Å²) in [5.41, 5.74) is 6.37. The second-order valence-electron chi connectivity index (χ2n) is 7.62. The molecule has 2 aliphatic rings. The zero-order chi connectivity index (χ0) is 19.4. The first-order chi connectivity index (χ1) is 13.6. The fourth-order valence-corrected chi connectivity index (χ4v) is 3.96. The molecule has 28 heavy (non-hydrogen) atoms. The first kappa shape index (κ1) is 18.9. The molecule has 0 saturated carbocycles. The Morgan fingerprint density at radius 1 is 1.04 bits per heavy atom. The second-order valence-corrected chi connectivity index (χ2v) is 7.62. The summed E-state index contributed by atoms with van der Waals surface area (Å²) >= 11 is 0. The number of para-hydroxylation sites is 1. The van der Waals surface area contributed by atoms with Crippen molar-refractivity contribution in [2.24, 2.45) is 0 Å². The Hall–Kier alpha value is -2.41. The maximum Gasteiger partial charge on any atom is 0.241 e. The van der Waals surface area contributed by atoms with Crippen molar-refractivity contribution in [2.75, 3.05) is 19.7 Å². The lowest BCUT2D eigenvalue weighted by atomic mass is 9.84. The van der Waals surface area contributed by atoms with Crippen molar-refractivity contribution in [1.29, 1.82) is 0 Å². The Kier molecular flexibility index (Phi) is 5.62. The lowest BCUT2D eigenvalue weighted by Gasteiger charge is -2.39. The minimum atomic E-state index is -0.842. The Bertz CT molecular complexity index is 776. The first-order valence-electron chi connectivity index (χ1n) is 9.90. The smallest absolute Gasteiger partial charge is 0.241 e.